The van der Waals surface area contributed by atoms with Crippen molar-refractivity contribution in [2.75, 3.05) is 5.32 Å². The molecule has 1 aromatic carbocycles. The SMILES string of the molecule is O=C(Nc1ncn(C2CCCCC2)n1)c1cc(O)ccc1Cl. The molecular weight excluding hydrogens is 304 g/mol. The highest BCUT2D eigenvalue weighted by molar-refractivity contribution is 6.34. The number of hydrogen-bond donors (Lipinski definition) is 2. The van der Waals surface area contributed by atoms with Crippen LogP contribution in [0.3, 0.4) is 0 Å². The number of nitrogens with one attached hydrogen (secondary N) is 1. The Morgan fingerprint density at radius 3 is 2.86 bits per heavy atom. The van der Waals surface area contributed by atoms with Crippen molar-refractivity contribution >= 4 is 23.5 Å². The van der Waals surface area contributed by atoms with E-state index >= 15 is 0 Å². The predicted molar refractivity (Wildman–Crippen MR) is 83.2 cm³/mol. The van der Waals surface area contributed by atoms with E-state index in [-0.39, 0.29) is 22.3 Å². The molecule has 7 heteroatoms. The first-order chi connectivity index (χ1) is 10.6. The normalized spacial score (nSPS) is 15.7. The van der Waals surface area contributed by atoms with Crippen LogP contribution in [0.15, 0.2) is 24.5 Å². The van der Waals surface area contributed by atoms with E-state index in [4.69, 9.17) is 11.6 Å². The lowest BCUT2D eigenvalue weighted by Gasteiger charge is -2.21. The van der Waals surface area contributed by atoms with Crippen LogP contribution in [0.1, 0.15) is 48.5 Å². The monoisotopic (exact) mass is 320 g/mol. The molecule has 0 bridgehead atoms. The van der Waals surface area contributed by atoms with E-state index in [1.807, 2.05) is 4.68 Å². The van der Waals surface area contributed by atoms with Gasteiger partial charge in [0.2, 0.25) is 5.95 Å². The van der Waals surface area contributed by atoms with Crippen LogP contribution >= 0.6 is 11.6 Å². The van der Waals surface area contributed by atoms with Crippen LogP contribution in [0.2, 0.25) is 5.02 Å². The average molecular weight is 321 g/mol. The topological polar surface area (TPSA) is 80.0 Å². The number of phenolic OH excluding ortho intramolecular Hbond substituents is 1. The molecule has 0 unspecified atom stereocenters. The van der Waals surface area contributed by atoms with Crippen molar-refractivity contribution in [3.05, 3.63) is 35.1 Å². The smallest absolute Gasteiger partial charge is 0.259 e. The van der Waals surface area contributed by atoms with Gasteiger partial charge in [0.25, 0.3) is 5.91 Å². The van der Waals surface area contributed by atoms with E-state index in [9.17, 15) is 9.90 Å². The lowest BCUT2D eigenvalue weighted by atomic mass is 9.96. The first-order valence-electron chi connectivity index (χ1n) is 7.34. The highest BCUT2D eigenvalue weighted by atomic mass is 35.5. The second kappa shape index (κ2) is 6.36. The standard InChI is InChI=1S/C15H17ClN4O2/c16-13-7-6-11(21)8-12(13)14(22)18-15-17-9-20(19-15)10-4-2-1-3-5-10/h6-10,21H,1-5H2,(H,18,19,22). The first kappa shape index (κ1) is 14.8. The average Bonchev–Trinajstić information content (AvgIpc) is 2.99. The minimum absolute atomic E-state index is 0.0183. The number of aromatic hydroxyl groups is 1. The molecule has 1 aliphatic rings. The number of rotatable bonds is 3. The largest absolute Gasteiger partial charge is 0.508 e. The van der Waals surface area contributed by atoms with Gasteiger partial charge in [0, 0.05) is 0 Å². The molecule has 6 nitrogen and oxygen atoms in total. The Bertz CT molecular complexity index is 680. The van der Waals surface area contributed by atoms with Gasteiger partial charge in [-0.05, 0) is 31.0 Å². The Hall–Kier alpha value is -2.08. The Labute approximate surface area is 133 Å². The van der Waals surface area contributed by atoms with Crippen molar-refractivity contribution in [3.63, 3.8) is 0 Å². The molecule has 0 spiro atoms. The van der Waals surface area contributed by atoms with Crippen LogP contribution in [0.4, 0.5) is 5.95 Å². The molecule has 0 saturated heterocycles. The summed E-state index contributed by atoms with van der Waals surface area (Å²) >= 11 is 5.97. The minimum Gasteiger partial charge on any atom is -0.508 e. The summed E-state index contributed by atoms with van der Waals surface area (Å²) in [6.45, 7) is 0. The molecule has 1 aromatic heterocycles. The number of hydrogen-bond acceptors (Lipinski definition) is 4. The van der Waals surface area contributed by atoms with E-state index in [1.54, 1.807) is 6.33 Å². The highest BCUT2D eigenvalue weighted by Gasteiger charge is 2.18. The molecule has 2 aromatic rings. The second-order valence-electron chi connectivity index (χ2n) is 5.46. The fourth-order valence-electron chi connectivity index (χ4n) is 2.71. The summed E-state index contributed by atoms with van der Waals surface area (Å²) in [7, 11) is 0. The van der Waals surface area contributed by atoms with Gasteiger partial charge in [-0.25, -0.2) is 9.67 Å². The fourth-order valence-corrected chi connectivity index (χ4v) is 2.91. The molecule has 1 saturated carbocycles. The van der Waals surface area contributed by atoms with E-state index in [0.717, 1.165) is 12.8 Å². The zero-order valence-corrected chi connectivity index (χ0v) is 12.8. The number of benzene rings is 1. The third-order valence-electron chi connectivity index (χ3n) is 3.88. The summed E-state index contributed by atoms with van der Waals surface area (Å²) in [5.74, 6) is -0.215. The summed E-state index contributed by atoms with van der Waals surface area (Å²) < 4.78 is 1.82. The summed E-state index contributed by atoms with van der Waals surface area (Å²) in [5.41, 5.74) is 0.190. The van der Waals surface area contributed by atoms with Crippen LogP contribution in [-0.4, -0.2) is 25.8 Å². The van der Waals surface area contributed by atoms with Gasteiger partial charge in [-0.15, -0.1) is 5.10 Å². The molecule has 22 heavy (non-hydrogen) atoms. The zero-order valence-electron chi connectivity index (χ0n) is 12.0. The van der Waals surface area contributed by atoms with E-state index in [2.05, 4.69) is 15.4 Å². The van der Waals surface area contributed by atoms with Crippen LogP contribution < -0.4 is 5.32 Å². The molecule has 116 valence electrons. The summed E-state index contributed by atoms with van der Waals surface area (Å²) in [6.07, 6.45) is 7.50. The Morgan fingerprint density at radius 1 is 1.32 bits per heavy atom. The maximum atomic E-state index is 12.2. The van der Waals surface area contributed by atoms with Crippen molar-refractivity contribution in [2.45, 2.75) is 38.1 Å². The van der Waals surface area contributed by atoms with Crippen molar-refractivity contribution < 1.29 is 9.90 Å². The van der Waals surface area contributed by atoms with Gasteiger partial charge in [0.15, 0.2) is 0 Å². The number of phenols is 1. The molecule has 1 fully saturated rings. The Morgan fingerprint density at radius 2 is 2.09 bits per heavy atom. The van der Waals surface area contributed by atoms with Crippen molar-refractivity contribution in [2.24, 2.45) is 0 Å². The summed E-state index contributed by atoms with van der Waals surface area (Å²) in [5, 5.41) is 16.6. The van der Waals surface area contributed by atoms with Gasteiger partial charge in [-0.3, -0.25) is 10.1 Å². The van der Waals surface area contributed by atoms with Gasteiger partial charge < -0.3 is 5.11 Å². The fraction of sp³-hybridized carbons (Fsp3) is 0.400. The molecule has 1 aliphatic carbocycles. The van der Waals surface area contributed by atoms with Gasteiger partial charge in [0.1, 0.15) is 12.1 Å². The molecule has 0 atom stereocenters. The number of halogens is 1. The third kappa shape index (κ3) is 3.22. The molecule has 3 rings (SSSR count). The highest BCUT2D eigenvalue weighted by Crippen LogP contribution is 2.27. The van der Waals surface area contributed by atoms with Crippen LogP contribution in [0.5, 0.6) is 5.75 Å². The molecule has 1 amide bonds. The zero-order chi connectivity index (χ0) is 15.5. The van der Waals surface area contributed by atoms with Crippen molar-refractivity contribution in [1.29, 1.82) is 0 Å². The van der Waals surface area contributed by atoms with Crippen LogP contribution in [0.25, 0.3) is 0 Å². The number of nitrogens with zero attached hydrogens (tertiary/aromatic N) is 3. The third-order valence-corrected chi connectivity index (χ3v) is 4.21. The molecule has 0 aliphatic heterocycles. The Balaban J connectivity index is 1.71. The predicted octanol–water partition coefficient (Wildman–Crippen LogP) is 3.39. The number of carbonyl (C=O) groups is 1. The lowest BCUT2D eigenvalue weighted by Crippen LogP contribution is -2.16. The van der Waals surface area contributed by atoms with E-state index in [1.165, 1.54) is 37.5 Å². The van der Waals surface area contributed by atoms with Gasteiger partial charge in [0.05, 0.1) is 16.6 Å². The Kier molecular flexibility index (Phi) is 4.29. The maximum Gasteiger partial charge on any atom is 0.259 e. The number of carbonyl (C=O) groups excluding carboxylic acids is 1. The van der Waals surface area contributed by atoms with Gasteiger partial charge in [-0.2, -0.15) is 0 Å². The number of anilines is 1. The van der Waals surface area contributed by atoms with Gasteiger partial charge >= 0.3 is 0 Å². The molecule has 2 N–H and O–H groups in total. The second-order valence-corrected chi connectivity index (χ2v) is 5.87. The molecular formula is C15H17ClN4O2. The lowest BCUT2D eigenvalue weighted by molar-refractivity contribution is 0.102. The van der Waals surface area contributed by atoms with Crippen molar-refractivity contribution in [3.8, 4) is 5.75 Å². The van der Waals surface area contributed by atoms with E-state index in [0.29, 0.717) is 6.04 Å². The van der Waals surface area contributed by atoms with Crippen LogP contribution in [-0.2, 0) is 0 Å². The molecule has 0 radical (unpaired) electrons. The van der Waals surface area contributed by atoms with E-state index < -0.39 is 5.91 Å². The quantitative estimate of drug-likeness (QED) is 0.908. The van der Waals surface area contributed by atoms with Crippen molar-refractivity contribution in [1.82, 2.24) is 14.8 Å². The minimum atomic E-state index is -0.442. The summed E-state index contributed by atoms with van der Waals surface area (Å²) in [4.78, 5) is 16.3. The maximum absolute atomic E-state index is 12.2. The number of aromatic nitrogens is 3. The van der Waals surface area contributed by atoms with Crippen LogP contribution in [0, 0.1) is 0 Å². The summed E-state index contributed by atoms with van der Waals surface area (Å²) in [6, 6.07) is 4.57. The first-order valence-corrected chi connectivity index (χ1v) is 7.72. The number of amides is 1. The molecule has 1 heterocycles. The van der Waals surface area contributed by atoms with Gasteiger partial charge in [-0.1, -0.05) is 30.9 Å².